The van der Waals surface area contributed by atoms with Crippen LogP contribution in [0.2, 0.25) is 0 Å². The first-order valence-corrected chi connectivity index (χ1v) is 4.31. The third kappa shape index (κ3) is 2.42. The molecule has 0 N–H and O–H groups in total. The van der Waals surface area contributed by atoms with E-state index in [1.54, 1.807) is 0 Å². The smallest absolute Gasteiger partial charge is 0.417 e. The summed E-state index contributed by atoms with van der Waals surface area (Å²) >= 11 is 0. The minimum atomic E-state index is -4.52. The van der Waals surface area contributed by atoms with Gasteiger partial charge in [-0.15, -0.1) is 0 Å². The van der Waals surface area contributed by atoms with Gasteiger partial charge in [0, 0.05) is 5.56 Å². The van der Waals surface area contributed by atoms with Crippen molar-refractivity contribution >= 4 is 11.5 Å². The Balaban J connectivity index is 3.24. The highest BCUT2D eigenvalue weighted by Crippen LogP contribution is 2.34. The standard InChI is InChI=1S/C11H9F3O2/c1-7(10(15)16-2)8-5-3-4-6-9(8)11(12,13)14/h3-6H,1H2,2H3. The van der Waals surface area contributed by atoms with Gasteiger partial charge in [0.25, 0.3) is 0 Å². The molecule has 0 saturated heterocycles. The lowest BCUT2D eigenvalue weighted by Crippen LogP contribution is -2.12. The molecule has 0 saturated carbocycles. The Labute approximate surface area is 90.3 Å². The second kappa shape index (κ2) is 4.38. The molecule has 0 fully saturated rings. The fraction of sp³-hybridized carbons (Fsp3) is 0.182. The van der Waals surface area contributed by atoms with E-state index in [4.69, 9.17) is 0 Å². The Morgan fingerprint density at radius 2 is 1.88 bits per heavy atom. The molecule has 0 radical (unpaired) electrons. The number of hydrogen-bond acceptors (Lipinski definition) is 2. The van der Waals surface area contributed by atoms with E-state index < -0.39 is 17.7 Å². The molecule has 0 amide bonds. The Morgan fingerprint density at radius 1 is 1.31 bits per heavy atom. The third-order valence-electron chi connectivity index (χ3n) is 1.99. The molecule has 0 heterocycles. The lowest BCUT2D eigenvalue weighted by Gasteiger charge is -2.12. The van der Waals surface area contributed by atoms with Gasteiger partial charge in [0.15, 0.2) is 0 Å². The molecule has 1 aromatic carbocycles. The van der Waals surface area contributed by atoms with Crippen molar-refractivity contribution in [3.63, 3.8) is 0 Å². The van der Waals surface area contributed by atoms with Crippen molar-refractivity contribution in [1.82, 2.24) is 0 Å². The van der Waals surface area contributed by atoms with Gasteiger partial charge in [-0.05, 0) is 6.07 Å². The van der Waals surface area contributed by atoms with E-state index in [2.05, 4.69) is 11.3 Å². The zero-order valence-electron chi connectivity index (χ0n) is 8.47. The number of methoxy groups -OCH3 is 1. The van der Waals surface area contributed by atoms with Crippen LogP contribution in [0.15, 0.2) is 30.8 Å². The first-order chi connectivity index (χ1) is 7.38. The average Bonchev–Trinajstić information content (AvgIpc) is 2.26. The van der Waals surface area contributed by atoms with Gasteiger partial charge in [-0.25, -0.2) is 4.79 Å². The molecular weight excluding hydrogens is 221 g/mol. The van der Waals surface area contributed by atoms with Gasteiger partial charge in [-0.1, -0.05) is 24.8 Å². The third-order valence-corrected chi connectivity index (χ3v) is 1.99. The van der Waals surface area contributed by atoms with Crippen LogP contribution in [0.5, 0.6) is 0 Å². The lowest BCUT2D eigenvalue weighted by molar-refractivity contribution is -0.138. The fourth-order valence-corrected chi connectivity index (χ4v) is 1.23. The van der Waals surface area contributed by atoms with Gasteiger partial charge in [0.1, 0.15) is 0 Å². The lowest BCUT2D eigenvalue weighted by atomic mass is 10.0. The van der Waals surface area contributed by atoms with Crippen LogP contribution in [0, 0.1) is 0 Å². The molecule has 1 rings (SSSR count). The first kappa shape index (κ1) is 12.3. The van der Waals surface area contributed by atoms with E-state index in [-0.39, 0.29) is 11.1 Å². The SMILES string of the molecule is C=C(C(=O)OC)c1ccccc1C(F)(F)F. The predicted octanol–water partition coefficient (Wildman–Crippen LogP) is 2.89. The summed E-state index contributed by atoms with van der Waals surface area (Å²) in [5.41, 5.74) is -1.47. The maximum absolute atomic E-state index is 12.6. The van der Waals surface area contributed by atoms with Gasteiger partial charge in [0.05, 0.1) is 18.2 Å². The molecule has 0 unspecified atom stereocenters. The van der Waals surface area contributed by atoms with E-state index in [1.165, 1.54) is 18.2 Å². The number of carbonyl (C=O) groups excluding carboxylic acids is 1. The van der Waals surface area contributed by atoms with E-state index >= 15 is 0 Å². The Hall–Kier alpha value is -1.78. The molecule has 1 aromatic rings. The average molecular weight is 230 g/mol. The molecular formula is C11H9F3O2. The number of esters is 1. The van der Waals surface area contributed by atoms with E-state index in [1.807, 2.05) is 0 Å². The number of halogens is 3. The highest BCUT2D eigenvalue weighted by atomic mass is 19.4. The molecule has 86 valence electrons. The maximum atomic E-state index is 12.6. The van der Waals surface area contributed by atoms with Crippen LogP contribution in [0.3, 0.4) is 0 Å². The molecule has 0 bridgehead atoms. The molecule has 0 aliphatic rings. The van der Waals surface area contributed by atoms with Crippen LogP contribution in [0.1, 0.15) is 11.1 Å². The van der Waals surface area contributed by atoms with Crippen molar-refractivity contribution in [2.75, 3.05) is 7.11 Å². The minimum Gasteiger partial charge on any atom is -0.465 e. The van der Waals surface area contributed by atoms with Gasteiger partial charge in [-0.3, -0.25) is 0 Å². The monoisotopic (exact) mass is 230 g/mol. The summed E-state index contributed by atoms with van der Waals surface area (Å²) in [6.45, 7) is 3.30. The zero-order valence-corrected chi connectivity index (χ0v) is 8.47. The Bertz CT molecular complexity index is 421. The maximum Gasteiger partial charge on any atom is 0.417 e. The Kier molecular flexibility index (Phi) is 3.37. The van der Waals surface area contributed by atoms with E-state index in [0.29, 0.717) is 0 Å². The largest absolute Gasteiger partial charge is 0.465 e. The highest BCUT2D eigenvalue weighted by Gasteiger charge is 2.34. The zero-order chi connectivity index (χ0) is 12.3. The van der Waals surface area contributed by atoms with Crippen molar-refractivity contribution in [2.24, 2.45) is 0 Å². The van der Waals surface area contributed by atoms with Crippen LogP contribution >= 0.6 is 0 Å². The summed E-state index contributed by atoms with van der Waals surface area (Å²) in [5, 5.41) is 0. The number of benzene rings is 1. The summed E-state index contributed by atoms with van der Waals surface area (Å²) in [6.07, 6.45) is -4.52. The second-order valence-corrected chi connectivity index (χ2v) is 3.01. The predicted molar refractivity (Wildman–Crippen MR) is 52.5 cm³/mol. The summed E-state index contributed by atoms with van der Waals surface area (Å²) in [5.74, 6) is -0.878. The van der Waals surface area contributed by atoms with Crippen LogP contribution in [-0.2, 0) is 15.7 Å². The van der Waals surface area contributed by atoms with Crippen molar-refractivity contribution in [1.29, 1.82) is 0 Å². The molecule has 0 spiro atoms. The van der Waals surface area contributed by atoms with Gasteiger partial charge in [-0.2, -0.15) is 13.2 Å². The first-order valence-electron chi connectivity index (χ1n) is 4.31. The summed E-state index contributed by atoms with van der Waals surface area (Å²) < 4.78 is 42.1. The van der Waals surface area contributed by atoms with Gasteiger partial charge < -0.3 is 4.74 Å². The second-order valence-electron chi connectivity index (χ2n) is 3.01. The summed E-state index contributed by atoms with van der Waals surface area (Å²) in [6, 6.07) is 4.72. The van der Waals surface area contributed by atoms with Gasteiger partial charge >= 0.3 is 12.1 Å². The Morgan fingerprint density at radius 3 is 2.38 bits per heavy atom. The van der Waals surface area contributed by atoms with Crippen molar-refractivity contribution in [3.8, 4) is 0 Å². The van der Waals surface area contributed by atoms with E-state index in [0.717, 1.165) is 13.2 Å². The molecule has 16 heavy (non-hydrogen) atoms. The van der Waals surface area contributed by atoms with Crippen LogP contribution < -0.4 is 0 Å². The number of ether oxygens (including phenoxy) is 1. The molecule has 0 aliphatic heterocycles. The van der Waals surface area contributed by atoms with Crippen LogP contribution in [0.25, 0.3) is 5.57 Å². The normalized spacial score (nSPS) is 11.0. The number of hydrogen-bond donors (Lipinski definition) is 0. The van der Waals surface area contributed by atoms with Crippen molar-refractivity contribution < 1.29 is 22.7 Å². The van der Waals surface area contributed by atoms with Gasteiger partial charge in [0.2, 0.25) is 0 Å². The quantitative estimate of drug-likeness (QED) is 0.576. The van der Waals surface area contributed by atoms with Crippen molar-refractivity contribution in [3.05, 3.63) is 42.0 Å². The topological polar surface area (TPSA) is 26.3 Å². The summed E-state index contributed by atoms with van der Waals surface area (Å²) in [7, 11) is 1.09. The number of rotatable bonds is 2. The van der Waals surface area contributed by atoms with Crippen molar-refractivity contribution in [2.45, 2.75) is 6.18 Å². The van der Waals surface area contributed by atoms with Crippen LogP contribution in [0.4, 0.5) is 13.2 Å². The molecule has 2 nitrogen and oxygen atoms in total. The fourth-order valence-electron chi connectivity index (χ4n) is 1.23. The van der Waals surface area contributed by atoms with Crippen LogP contribution in [-0.4, -0.2) is 13.1 Å². The highest BCUT2D eigenvalue weighted by molar-refractivity contribution is 6.16. The molecule has 0 atom stereocenters. The summed E-state index contributed by atoms with van der Waals surface area (Å²) in [4.78, 5) is 11.1. The molecule has 0 aromatic heterocycles. The molecule has 5 heteroatoms. The number of carbonyl (C=O) groups is 1. The van der Waals surface area contributed by atoms with E-state index in [9.17, 15) is 18.0 Å². The molecule has 0 aliphatic carbocycles. The minimum absolute atomic E-state index is 0.262. The number of alkyl halides is 3.